The summed E-state index contributed by atoms with van der Waals surface area (Å²) in [6, 6.07) is 27.9. The van der Waals surface area contributed by atoms with E-state index in [1.165, 1.54) is 22.9 Å². The van der Waals surface area contributed by atoms with Gasteiger partial charge in [-0.1, -0.05) is 71.9 Å². The van der Waals surface area contributed by atoms with Crippen molar-refractivity contribution in [2.45, 2.75) is 22.4 Å². The number of nitrogens with zero attached hydrogens (tertiary/aromatic N) is 4. The highest BCUT2D eigenvalue weighted by molar-refractivity contribution is 7.99. The Morgan fingerprint density at radius 2 is 1.65 bits per heavy atom. The highest BCUT2D eigenvalue weighted by atomic mass is 35.5. The molecular weight excluding hydrogens is 642 g/mol. The lowest BCUT2D eigenvalue weighted by atomic mass is 9.98. The second kappa shape index (κ2) is 14.2. The summed E-state index contributed by atoms with van der Waals surface area (Å²) in [7, 11) is 2.13. The number of fused-ring (bicyclic) bond motifs is 3. The van der Waals surface area contributed by atoms with Crippen molar-refractivity contribution in [3.05, 3.63) is 125 Å². The van der Waals surface area contributed by atoms with Gasteiger partial charge in [-0.3, -0.25) is 4.79 Å². The highest BCUT2D eigenvalue weighted by Gasteiger charge is 2.29. The maximum absolute atomic E-state index is 13.2. The van der Waals surface area contributed by atoms with Crippen LogP contribution in [0.2, 0.25) is 5.02 Å². The lowest BCUT2D eigenvalue weighted by Crippen LogP contribution is -2.44. The van der Waals surface area contributed by atoms with E-state index in [1.807, 2.05) is 48.7 Å². The van der Waals surface area contributed by atoms with Gasteiger partial charge in [-0.25, -0.2) is 14.8 Å². The number of aromatic nitrogens is 2. The van der Waals surface area contributed by atoms with E-state index >= 15 is 0 Å². The Hall–Kier alpha value is -4.70. The van der Waals surface area contributed by atoms with E-state index in [-0.39, 0.29) is 19.1 Å². The lowest BCUT2D eigenvalue weighted by molar-refractivity contribution is 0.112. The summed E-state index contributed by atoms with van der Waals surface area (Å²) >= 11 is 8.28. The third-order valence-corrected chi connectivity index (χ3v) is 10.6. The van der Waals surface area contributed by atoms with Crippen molar-refractivity contribution in [3.63, 3.8) is 0 Å². The number of pyridine rings is 2. The molecule has 3 heterocycles. The van der Waals surface area contributed by atoms with Crippen LogP contribution in [-0.4, -0.2) is 67.1 Å². The minimum absolute atomic E-state index is 0.0425. The van der Waals surface area contributed by atoms with Gasteiger partial charge in [0.25, 0.3) is 0 Å². The molecule has 48 heavy (non-hydrogen) atoms. The van der Waals surface area contributed by atoms with Gasteiger partial charge in [-0.15, -0.1) is 0 Å². The maximum atomic E-state index is 13.2. The van der Waals surface area contributed by atoms with Crippen molar-refractivity contribution < 1.29 is 14.3 Å². The van der Waals surface area contributed by atoms with E-state index in [0.717, 1.165) is 66.1 Å². The van der Waals surface area contributed by atoms with E-state index in [1.54, 1.807) is 18.3 Å². The van der Waals surface area contributed by atoms with Gasteiger partial charge in [0.15, 0.2) is 6.29 Å². The molecule has 2 aromatic heterocycles. The summed E-state index contributed by atoms with van der Waals surface area (Å²) in [4.78, 5) is 39.4. The van der Waals surface area contributed by atoms with Gasteiger partial charge in [-0.2, -0.15) is 0 Å². The van der Waals surface area contributed by atoms with Gasteiger partial charge in [0.05, 0.1) is 5.02 Å². The van der Waals surface area contributed by atoms with Crippen molar-refractivity contribution in [3.8, 4) is 22.3 Å². The molecule has 1 aliphatic heterocycles. The molecular formula is C38H34ClN5O3S. The Balaban J connectivity index is 1.13. The van der Waals surface area contributed by atoms with E-state index in [4.69, 9.17) is 16.3 Å². The number of piperazine rings is 1. The molecule has 0 bridgehead atoms. The molecule has 1 amide bonds. The molecule has 242 valence electrons. The molecule has 7 rings (SSSR count). The Bertz CT molecular complexity index is 1930. The number of carbonyl (C=O) groups excluding carboxylic acids is 2. The van der Waals surface area contributed by atoms with Crippen molar-refractivity contribution in [1.82, 2.24) is 20.2 Å². The van der Waals surface area contributed by atoms with Crippen molar-refractivity contribution in [1.29, 1.82) is 0 Å². The molecule has 3 aromatic carbocycles. The smallest absolute Gasteiger partial charge is 0.407 e. The summed E-state index contributed by atoms with van der Waals surface area (Å²) in [5, 5.41) is 3.97. The van der Waals surface area contributed by atoms with Crippen LogP contribution in [-0.2, 0) is 11.3 Å². The molecule has 0 spiro atoms. The third-order valence-electron chi connectivity index (χ3n) is 8.92. The normalized spacial score (nSPS) is 14.3. The van der Waals surface area contributed by atoms with Gasteiger partial charge in [-0.05, 0) is 82.4 Å². The Morgan fingerprint density at radius 1 is 0.917 bits per heavy atom. The largest absolute Gasteiger partial charge is 0.449 e. The topological polar surface area (TPSA) is 87.7 Å². The summed E-state index contributed by atoms with van der Waals surface area (Å²) in [6.45, 7) is 4.14. The van der Waals surface area contributed by atoms with Crippen molar-refractivity contribution in [2.24, 2.45) is 0 Å². The SMILES string of the molecule is CN1CCN(c2cc(-c3cc(Cl)c(Sc4ncccc4C=O)c(CNC(=O)OCC4c5ccccc5-c5ccccc54)c3)ccn2)CC1. The Labute approximate surface area is 289 Å². The summed E-state index contributed by atoms with van der Waals surface area (Å²) in [5.74, 6) is 0.872. The molecule has 8 nitrogen and oxygen atoms in total. The Morgan fingerprint density at radius 3 is 2.38 bits per heavy atom. The quantitative estimate of drug-likeness (QED) is 0.160. The van der Waals surface area contributed by atoms with Gasteiger partial charge in [0.1, 0.15) is 17.5 Å². The average molecular weight is 676 g/mol. The average Bonchev–Trinajstić information content (AvgIpc) is 3.45. The number of aldehydes is 1. The van der Waals surface area contributed by atoms with E-state index in [9.17, 15) is 9.59 Å². The summed E-state index contributed by atoms with van der Waals surface area (Å²) < 4.78 is 5.83. The van der Waals surface area contributed by atoms with Gasteiger partial charge >= 0.3 is 6.09 Å². The number of nitrogens with one attached hydrogen (secondary N) is 1. The first-order valence-electron chi connectivity index (χ1n) is 15.9. The van der Waals surface area contributed by atoms with Gasteiger partial charge in [0, 0.05) is 61.5 Å². The molecule has 0 atom stereocenters. The second-order valence-corrected chi connectivity index (χ2v) is 13.3. The first-order valence-corrected chi connectivity index (χ1v) is 17.1. The number of hydrogen-bond donors (Lipinski definition) is 1. The molecule has 0 radical (unpaired) electrons. The zero-order chi connectivity index (χ0) is 33.0. The molecule has 1 aliphatic carbocycles. The zero-order valence-corrected chi connectivity index (χ0v) is 28.0. The van der Waals surface area contributed by atoms with Crippen LogP contribution >= 0.6 is 23.4 Å². The zero-order valence-electron chi connectivity index (χ0n) is 26.4. The number of halogens is 1. The fraction of sp³-hybridized carbons (Fsp3) is 0.211. The minimum Gasteiger partial charge on any atom is -0.449 e. The second-order valence-electron chi connectivity index (χ2n) is 11.9. The van der Waals surface area contributed by atoms with Gasteiger partial charge < -0.3 is 19.9 Å². The van der Waals surface area contributed by atoms with Crippen LogP contribution in [0.5, 0.6) is 0 Å². The summed E-state index contributed by atoms with van der Waals surface area (Å²) in [6.07, 6.45) is 3.71. The standard InChI is InChI=1S/C38H34ClN5O3S/c1-43-15-17-44(18-16-43)35-21-25(12-14-40-35)27-19-28(36(34(39)20-27)48-37-26(23-45)7-6-13-41-37)22-42-38(46)47-24-33-31-10-4-2-8-29(31)30-9-3-5-11-32(30)33/h2-14,19-21,23,33H,15-18,22,24H2,1H3,(H,42,46). The van der Waals surface area contributed by atoms with Crippen LogP contribution in [0.3, 0.4) is 0 Å². The number of alkyl carbamates (subject to hydrolysis) is 1. The molecule has 5 aromatic rings. The predicted octanol–water partition coefficient (Wildman–Crippen LogP) is 7.55. The van der Waals surface area contributed by atoms with Crippen LogP contribution in [0.4, 0.5) is 10.6 Å². The number of likely N-dealkylation sites (N-methyl/N-ethyl adjacent to an activating group) is 1. The van der Waals surface area contributed by atoms with E-state index < -0.39 is 6.09 Å². The monoisotopic (exact) mass is 675 g/mol. The van der Waals surface area contributed by atoms with Crippen LogP contribution in [0, 0.1) is 0 Å². The molecule has 1 fully saturated rings. The third kappa shape index (κ3) is 6.67. The van der Waals surface area contributed by atoms with E-state index in [0.29, 0.717) is 20.5 Å². The minimum atomic E-state index is -0.526. The Kier molecular flexibility index (Phi) is 9.43. The fourth-order valence-corrected chi connectivity index (χ4v) is 7.68. The maximum Gasteiger partial charge on any atom is 0.407 e. The van der Waals surface area contributed by atoms with Crippen molar-refractivity contribution >= 4 is 41.6 Å². The number of anilines is 1. The number of hydrogen-bond acceptors (Lipinski definition) is 8. The number of rotatable bonds is 9. The number of benzene rings is 3. The molecule has 0 unspecified atom stereocenters. The number of ether oxygens (including phenoxy) is 1. The predicted molar refractivity (Wildman–Crippen MR) is 190 cm³/mol. The first kappa shape index (κ1) is 31.9. The highest BCUT2D eigenvalue weighted by Crippen LogP contribution is 2.44. The molecule has 1 N–H and O–H groups in total. The lowest BCUT2D eigenvalue weighted by Gasteiger charge is -2.33. The molecule has 0 saturated carbocycles. The molecule has 1 saturated heterocycles. The van der Waals surface area contributed by atoms with Crippen LogP contribution in [0.1, 0.15) is 33.0 Å². The van der Waals surface area contributed by atoms with Crippen molar-refractivity contribution in [2.75, 3.05) is 44.7 Å². The van der Waals surface area contributed by atoms with E-state index in [2.05, 4.69) is 62.5 Å². The molecule has 2 aliphatic rings. The summed E-state index contributed by atoms with van der Waals surface area (Å²) in [5.41, 5.74) is 7.74. The first-order chi connectivity index (χ1) is 23.5. The van der Waals surface area contributed by atoms with Gasteiger partial charge in [0.2, 0.25) is 0 Å². The van der Waals surface area contributed by atoms with Crippen LogP contribution in [0.25, 0.3) is 22.3 Å². The fourth-order valence-electron chi connectivity index (χ4n) is 6.36. The number of amides is 1. The molecule has 10 heteroatoms. The van der Waals surface area contributed by atoms with Crippen LogP contribution < -0.4 is 10.2 Å². The van der Waals surface area contributed by atoms with Crippen LogP contribution in [0.15, 0.2) is 107 Å². The number of carbonyl (C=O) groups is 2.